The van der Waals surface area contributed by atoms with Gasteiger partial charge in [-0.05, 0) is 37.7 Å². The molecule has 0 aromatic rings. The molecule has 1 fully saturated rings. The normalized spacial score (nSPS) is 25.0. The smallest absolute Gasteiger partial charge is 0.0673 e. The van der Waals surface area contributed by atoms with Crippen LogP contribution in [0.25, 0.3) is 0 Å². The predicted molar refractivity (Wildman–Crippen MR) is 66.4 cm³/mol. The summed E-state index contributed by atoms with van der Waals surface area (Å²) in [6.07, 6.45) is 8.43. The van der Waals surface area contributed by atoms with Crippen LogP contribution in [0, 0.1) is 0 Å². The Hall–Kier alpha value is -0.380. The predicted octanol–water partition coefficient (Wildman–Crippen LogP) is 1.54. The van der Waals surface area contributed by atoms with E-state index in [2.05, 4.69) is 11.0 Å². The molecule has 0 aromatic carbocycles. The van der Waals surface area contributed by atoms with Crippen molar-refractivity contribution in [1.82, 2.24) is 4.90 Å². The van der Waals surface area contributed by atoms with Crippen molar-refractivity contribution in [3.63, 3.8) is 0 Å². The van der Waals surface area contributed by atoms with Crippen LogP contribution in [0.4, 0.5) is 0 Å². The first-order chi connectivity index (χ1) is 7.72. The second-order valence-corrected chi connectivity index (χ2v) is 5.31. The van der Waals surface area contributed by atoms with Crippen molar-refractivity contribution in [3.05, 3.63) is 11.6 Å². The first-order valence-electron chi connectivity index (χ1n) is 6.40. The quantitative estimate of drug-likeness (QED) is 0.720. The molecule has 0 unspecified atom stereocenters. The standard InChI is InChI=1S/C13H24N2O/c1-16-11-12-3-8-15(9-4-12)10-7-13(14)5-2-6-13/h3H,2,4-11,14H2,1H3. The van der Waals surface area contributed by atoms with Gasteiger partial charge in [0.1, 0.15) is 0 Å². The highest BCUT2D eigenvalue weighted by atomic mass is 16.5. The lowest BCUT2D eigenvalue weighted by Crippen LogP contribution is -2.49. The number of nitrogens with two attached hydrogens (primary N) is 1. The SMILES string of the molecule is COCC1=CCN(CCC2(N)CCC2)CC1. The summed E-state index contributed by atoms with van der Waals surface area (Å²) in [6.45, 7) is 4.21. The molecule has 1 aliphatic heterocycles. The highest BCUT2D eigenvalue weighted by molar-refractivity contribution is 5.08. The van der Waals surface area contributed by atoms with Gasteiger partial charge in [0.05, 0.1) is 6.61 Å². The average Bonchev–Trinajstić information content (AvgIpc) is 2.26. The summed E-state index contributed by atoms with van der Waals surface area (Å²) in [5.74, 6) is 0. The summed E-state index contributed by atoms with van der Waals surface area (Å²) in [7, 11) is 1.77. The van der Waals surface area contributed by atoms with Crippen molar-refractivity contribution in [1.29, 1.82) is 0 Å². The largest absolute Gasteiger partial charge is 0.380 e. The van der Waals surface area contributed by atoms with Gasteiger partial charge in [0.25, 0.3) is 0 Å². The summed E-state index contributed by atoms with van der Waals surface area (Å²) in [5, 5.41) is 0. The second-order valence-electron chi connectivity index (χ2n) is 5.31. The number of ether oxygens (including phenoxy) is 1. The number of methoxy groups -OCH3 is 1. The van der Waals surface area contributed by atoms with Crippen LogP contribution in [0.1, 0.15) is 32.1 Å². The van der Waals surface area contributed by atoms with Crippen molar-refractivity contribution in [2.75, 3.05) is 33.4 Å². The van der Waals surface area contributed by atoms with E-state index >= 15 is 0 Å². The van der Waals surface area contributed by atoms with Gasteiger partial charge in [-0.25, -0.2) is 0 Å². The number of hydrogen-bond acceptors (Lipinski definition) is 3. The fourth-order valence-corrected chi connectivity index (χ4v) is 2.53. The summed E-state index contributed by atoms with van der Waals surface area (Å²) >= 11 is 0. The zero-order valence-electron chi connectivity index (χ0n) is 10.4. The molecule has 1 heterocycles. The zero-order valence-corrected chi connectivity index (χ0v) is 10.4. The molecule has 0 spiro atoms. The van der Waals surface area contributed by atoms with E-state index in [1.807, 2.05) is 0 Å². The van der Waals surface area contributed by atoms with Gasteiger partial charge in [-0.2, -0.15) is 0 Å². The lowest BCUT2D eigenvalue weighted by molar-refractivity contribution is 0.179. The average molecular weight is 224 g/mol. The Labute approximate surface area is 98.6 Å². The Balaban J connectivity index is 1.69. The molecule has 0 aromatic heterocycles. The molecule has 0 amide bonds. The lowest BCUT2D eigenvalue weighted by Gasteiger charge is -2.40. The first-order valence-corrected chi connectivity index (χ1v) is 6.40. The maximum absolute atomic E-state index is 6.23. The molecule has 2 N–H and O–H groups in total. The molecule has 1 aliphatic carbocycles. The van der Waals surface area contributed by atoms with Gasteiger partial charge in [-0.15, -0.1) is 0 Å². The van der Waals surface area contributed by atoms with E-state index in [4.69, 9.17) is 10.5 Å². The molecule has 1 saturated carbocycles. The van der Waals surface area contributed by atoms with Gasteiger partial charge in [0.2, 0.25) is 0 Å². The molecular formula is C13H24N2O. The van der Waals surface area contributed by atoms with Crippen molar-refractivity contribution in [2.24, 2.45) is 5.73 Å². The van der Waals surface area contributed by atoms with E-state index in [0.29, 0.717) is 0 Å². The van der Waals surface area contributed by atoms with Gasteiger partial charge in [0.15, 0.2) is 0 Å². The fraction of sp³-hybridized carbons (Fsp3) is 0.846. The molecule has 0 bridgehead atoms. The minimum atomic E-state index is 0.177. The summed E-state index contributed by atoms with van der Waals surface area (Å²) in [5.41, 5.74) is 7.86. The second kappa shape index (κ2) is 5.30. The van der Waals surface area contributed by atoms with Crippen LogP contribution in [-0.4, -0.2) is 43.8 Å². The van der Waals surface area contributed by atoms with Crippen LogP contribution < -0.4 is 5.73 Å². The van der Waals surface area contributed by atoms with E-state index in [0.717, 1.165) is 26.1 Å². The molecule has 0 radical (unpaired) electrons. The molecule has 2 aliphatic rings. The van der Waals surface area contributed by atoms with Crippen LogP contribution in [0.2, 0.25) is 0 Å². The minimum Gasteiger partial charge on any atom is -0.380 e. The third-order valence-electron chi connectivity index (χ3n) is 3.99. The van der Waals surface area contributed by atoms with E-state index < -0.39 is 0 Å². The summed E-state index contributed by atoms with van der Waals surface area (Å²) < 4.78 is 5.15. The van der Waals surface area contributed by atoms with Crippen LogP contribution in [0.15, 0.2) is 11.6 Å². The topological polar surface area (TPSA) is 38.5 Å². The zero-order chi connectivity index (χ0) is 11.4. The van der Waals surface area contributed by atoms with Crippen LogP contribution in [0.5, 0.6) is 0 Å². The van der Waals surface area contributed by atoms with Crippen molar-refractivity contribution < 1.29 is 4.74 Å². The Morgan fingerprint density at radius 1 is 1.50 bits per heavy atom. The third-order valence-corrected chi connectivity index (χ3v) is 3.99. The Kier molecular flexibility index (Phi) is 4.00. The maximum Gasteiger partial charge on any atom is 0.0673 e. The first kappa shape index (κ1) is 12.1. The summed E-state index contributed by atoms with van der Waals surface area (Å²) in [4.78, 5) is 2.51. The van der Waals surface area contributed by atoms with Crippen molar-refractivity contribution in [2.45, 2.75) is 37.6 Å². The Morgan fingerprint density at radius 2 is 2.31 bits per heavy atom. The van der Waals surface area contributed by atoms with E-state index in [9.17, 15) is 0 Å². The van der Waals surface area contributed by atoms with Gasteiger partial charge >= 0.3 is 0 Å². The molecule has 0 atom stereocenters. The molecular weight excluding hydrogens is 200 g/mol. The fourth-order valence-electron chi connectivity index (χ4n) is 2.53. The van der Waals surface area contributed by atoms with Gasteiger partial charge in [-0.3, -0.25) is 4.90 Å². The van der Waals surface area contributed by atoms with Crippen LogP contribution in [0.3, 0.4) is 0 Å². The Bertz CT molecular complexity index is 259. The minimum absolute atomic E-state index is 0.177. The number of rotatable bonds is 5. The monoisotopic (exact) mass is 224 g/mol. The number of hydrogen-bond donors (Lipinski definition) is 1. The van der Waals surface area contributed by atoms with Crippen molar-refractivity contribution in [3.8, 4) is 0 Å². The van der Waals surface area contributed by atoms with Gasteiger partial charge < -0.3 is 10.5 Å². The maximum atomic E-state index is 6.23. The molecule has 0 saturated heterocycles. The van der Waals surface area contributed by atoms with Crippen molar-refractivity contribution >= 4 is 0 Å². The molecule has 92 valence electrons. The number of nitrogens with zero attached hydrogens (tertiary/aromatic N) is 1. The van der Waals surface area contributed by atoms with E-state index in [1.165, 1.54) is 37.8 Å². The third kappa shape index (κ3) is 3.06. The van der Waals surface area contributed by atoms with E-state index in [1.54, 1.807) is 7.11 Å². The van der Waals surface area contributed by atoms with Gasteiger partial charge in [-0.1, -0.05) is 6.08 Å². The Morgan fingerprint density at radius 3 is 2.81 bits per heavy atom. The summed E-state index contributed by atoms with van der Waals surface area (Å²) in [6, 6.07) is 0. The highest BCUT2D eigenvalue weighted by Crippen LogP contribution is 2.32. The highest BCUT2D eigenvalue weighted by Gasteiger charge is 2.32. The molecule has 16 heavy (non-hydrogen) atoms. The van der Waals surface area contributed by atoms with Crippen LogP contribution >= 0.6 is 0 Å². The molecule has 3 nitrogen and oxygen atoms in total. The lowest BCUT2D eigenvalue weighted by atomic mass is 9.75. The van der Waals surface area contributed by atoms with Gasteiger partial charge in [0, 0.05) is 32.3 Å². The van der Waals surface area contributed by atoms with E-state index in [-0.39, 0.29) is 5.54 Å². The van der Waals surface area contributed by atoms with Crippen LogP contribution in [-0.2, 0) is 4.74 Å². The molecule has 2 rings (SSSR count). The molecule has 3 heteroatoms.